The number of benzene rings is 2. The molecule has 14 heteroatoms. The number of aromatic nitrogens is 2. The third-order valence-corrected chi connectivity index (χ3v) is 5.52. The minimum Gasteiger partial charge on any atom is -0.448 e. The highest BCUT2D eigenvalue weighted by Crippen LogP contribution is 2.36. The van der Waals surface area contributed by atoms with Crippen molar-refractivity contribution in [1.29, 1.82) is 0 Å². The topological polar surface area (TPSA) is 78.3 Å². The zero-order chi connectivity index (χ0) is 25.5. The normalized spacial score (nSPS) is 12.6. The first-order valence-corrected chi connectivity index (χ1v) is 11.0. The Morgan fingerprint density at radius 3 is 2.15 bits per heavy atom. The van der Waals surface area contributed by atoms with Gasteiger partial charge in [-0.15, -0.1) is 0 Å². The van der Waals surface area contributed by atoms with Gasteiger partial charge in [-0.2, -0.15) is 31.4 Å². The number of sulfone groups is 1. The molecule has 34 heavy (non-hydrogen) atoms. The molecule has 0 saturated carbocycles. The Morgan fingerprint density at radius 2 is 1.62 bits per heavy atom. The summed E-state index contributed by atoms with van der Waals surface area (Å²) < 4.78 is 120. The van der Waals surface area contributed by atoms with Crippen molar-refractivity contribution in [3.63, 3.8) is 0 Å². The van der Waals surface area contributed by atoms with Crippen LogP contribution >= 0.6 is 0 Å². The molecule has 6 nitrogen and oxygen atoms in total. The van der Waals surface area contributed by atoms with Crippen molar-refractivity contribution in [2.75, 3.05) is 6.26 Å². The number of nitrogens with zero attached hydrogens (tertiary/aromatic N) is 2. The van der Waals surface area contributed by atoms with Gasteiger partial charge < -0.3 is 4.74 Å². The molecule has 0 atom stereocenters. The summed E-state index contributed by atoms with van der Waals surface area (Å²) in [5, 5.41) is 3.40. The molecule has 3 rings (SSSR count). The molecule has 0 spiro atoms. The molecule has 0 amide bonds. The third kappa shape index (κ3) is 5.73. The molecule has 0 aliphatic carbocycles. The fourth-order valence-corrected chi connectivity index (χ4v) is 3.44. The number of halogens is 7. The first-order chi connectivity index (χ1) is 15.6. The van der Waals surface area contributed by atoms with Crippen LogP contribution in [0.5, 0.6) is 11.5 Å². The molecule has 0 aliphatic heterocycles. The van der Waals surface area contributed by atoms with Crippen LogP contribution in [0.1, 0.15) is 5.56 Å². The molecule has 0 unspecified atom stereocenters. The van der Waals surface area contributed by atoms with E-state index in [0.29, 0.717) is 12.1 Å². The minimum absolute atomic E-state index is 0.0264. The number of alkyl halides is 6. The zero-order valence-electron chi connectivity index (χ0n) is 16.9. The quantitative estimate of drug-likeness (QED) is 0.460. The van der Waals surface area contributed by atoms with Gasteiger partial charge in [-0.05, 0) is 35.9 Å². The van der Waals surface area contributed by atoms with E-state index in [4.69, 9.17) is 4.74 Å². The van der Waals surface area contributed by atoms with Crippen LogP contribution in [0, 0.1) is 5.82 Å². The predicted molar refractivity (Wildman–Crippen MR) is 105 cm³/mol. The van der Waals surface area contributed by atoms with E-state index in [1.165, 1.54) is 12.1 Å². The molecule has 2 aromatic carbocycles. The molecular weight excluding hydrogens is 497 g/mol. The fourth-order valence-electron chi connectivity index (χ4n) is 2.81. The van der Waals surface area contributed by atoms with E-state index in [1.807, 2.05) is 0 Å². The van der Waals surface area contributed by atoms with Crippen molar-refractivity contribution in [3.05, 3.63) is 70.4 Å². The standard InChI is InChI=1S/C20H13F7N2O4S/c1-34(31,32)13-5-2-11(3-6-13)14-9-28-29(10-19(22,23)24)18(30)17(14)33-16-8-12(20(25,26)27)4-7-15(16)21/h2-9H,10H2,1H3. The molecular formula is C20H13F7N2O4S. The maximum Gasteiger partial charge on any atom is 0.416 e. The van der Waals surface area contributed by atoms with Crippen molar-refractivity contribution in [3.8, 4) is 22.6 Å². The number of hydrogen-bond acceptors (Lipinski definition) is 5. The van der Waals surface area contributed by atoms with Crippen LogP contribution in [0.15, 0.2) is 58.4 Å². The highest BCUT2D eigenvalue weighted by molar-refractivity contribution is 7.90. The second-order valence-electron chi connectivity index (χ2n) is 7.01. The third-order valence-electron chi connectivity index (χ3n) is 4.39. The highest BCUT2D eigenvalue weighted by atomic mass is 32.2. The first-order valence-electron chi connectivity index (χ1n) is 9.08. The van der Waals surface area contributed by atoms with Crippen molar-refractivity contribution >= 4 is 9.84 Å². The SMILES string of the molecule is CS(=O)(=O)c1ccc(-c2cnn(CC(F)(F)F)c(=O)c2Oc2cc(C(F)(F)F)ccc2F)cc1. The lowest BCUT2D eigenvalue weighted by Crippen LogP contribution is -2.31. The van der Waals surface area contributed by atoms with E-state index in [9.17, 15) is 43.9 Å². The Balaban J connectivity index is 2.19. The van der Waals surface area contributed by atoms with E-state index < -0.39 is 57.2 Å². The van der Waals surface area contributed by atoms with Gasteiger partial charge in [0.25, 0.3) is 0 Å². The van der Waals surface area contributed by atoms with Crippen LogP contribution in [0.2, 0.25) is 0 Å². The van der Waals surface area contributed by atoms with E-state index in [-0.39, 0.29) is 26.8 Å². The summed E-state index contributed by atoms with van der Waals surface area (Å²) in [5.41, 5.74) is -3.11. The Labute approximate surface area is 187 Å². The molecule has 0 radical (unpaired) electrons. The highest BCUT2D eigenvalue weighted by Gasteiger charge is 2.33. The van der Waals surface area contributed by atoms with E-state index >= 15 is 0 Å². The summed E-state index contributed by atoms with van der Waals surface area (Å²) >= 11 is 0. The van der Waals surface area contributed by atoms with E-state index in [0.717, 1.165) is 24.6 Å². The predicted octanol–water partition coefficient (Wildman–Crippen LogP) is 4.83. The minimum atomic E-state index is -4.90. The Morgan fingerprint density at radius 1 is 1.00 bits per heavy atom. The lowest BCUT2D eigenvalue weighted by molar-refractivity contribution is -0.143. The zero-order valence-corrected chi connectivity index (χ0v) is 17.7. The summed E-state index contributed by atoms with van der Waals surface area (Å²) in [6, 6.07) is 5.70. The number of ether oxygens (including phenoxy) is 1. The summed E-state index contributed by atoms with van der Waals surface area (Å²) in [6.07, 6.45) is -8.09. The maximum absolute atomic E-state index is 14.2. The van der Waals surface area contributed by atoms with Crippen LogP contribution in [-0.4, -0.2) is 30.6 Å². The van der Waals surface area contributed by atoms with Gasteiger partial charge in [0.2, 0.25) is 5.75 Å². The summed E-state index contributed by atoms with van der Waals surface area (Å²) in [4.78, 5) is 12.6. The first kappa shape index (κ1) is 25.2. The average Bonchev–Trinajstić information content (AvgIpc) is 2.70. The maximum atomic E-state index is 14.2. The molecule has 0 fully saturated rings. The molecule has 1 aromatic heterocycles. The average molecular weight is 510 g/mol. The number of rotatable bonds is 5. The van der Waals surface area contributed by atoms with E-state index in [1.54, 1.807) is 0 Å². The van der Waals surface area contributed by atoms with Gasteiger partial charge in [0.05, 0.1) is 22.2 Å². The molecule has 0 aliphatic rings. The summed E-state index contributed by atoms with van der Waals surface area (Å²) in [6.45, 7) is -1.85. The lowest BCUT2D eigenvalue weighted by Gasteiger charge is -2.15. The van der Waals surface area contributed by atoms with Gasteiger partial charge in [-0.1, -0.05) is 12.1 Å². The summed E-state index contributed by atoms with van der Waals surface area (Å²) in [7, 11) is -3.61. The van der Waals surface area contributed by atoms with Crippen LogP contribution < -0.4 is 10.3 Å². The van der Waals surface area contributed by atoms with Gasteiger partial charge in [-0.25, -0.2) is 17.5 Å². The fraction of sp³-hybridized carbons (Fsp3) is 0.200. The Hall–Kier alpha value is -3.42. The lowest BCUT2D eigenvalue weighted by atomic mass is 10.1. The van der Waals surface area contributed by atoms with Crippen molar-refractivity contribution in [2.45, 2.75) is 23.8 Å². The molecule has 182 valence electrons. The molecule has 0 saturated heterocycles. The van der Waals surface area contributed by atoms with Gasteiger partial charge in [0.15, 0.2) is 21.4 Å². The van der Waals surface area contributed by atoms with Gasteiger partial charge in [-0.3, -0.25) is 4.79 Å². The van der Waals surface area contributed by atoms with E-state index in [2.05, 4.69) is 5.10 Å². The van der Waals surface area contributed by atoms with Gasteiger partial charge >= 0.3 is 17.9 Å². The van der Waals surface area contributed by atoms with Crippen molar-refractivity contribution in [1.82, 2.24) is 9.78 Å². The van der Waals surface area contributed by atoms with Gasteiger partial charge in [0, 0.05) is 6.26 Å². The number of hydrogen-bond donors (Lipinski definition) is 0. The van der Waals surface area contributed by atoms with Crippen LogP contribution in [0.3, 0.4) is 0 Å². The second kappa shape index (κ2) is 8.74. The Kier molecular flexibility index (Phi) is 6.48. The Bertz CT molecular complexity index is 1380. The smallest absolute Gasteiger partial charge is 0.416 e. The molecule has 1 heterocycles. The van der Waals surface area contributed by atoms with Crippen LogP contribution in [0.4, 0.5) is 30.7 Å². The van der Waals surface area contributed by atoms with Crippen LogP contribution in [-0.2, 0) is 22.6 Å². The summed E-state index contributed by atoms with van der Waals surface area (Å²) in [5.74, 6) is -3.32. The van der Waals surface area contributed by atoms with Crippen molar-refractivity contribution in [2.24, 2.45) is 0 Å². The van der Waals surface area contributed by atoms with Crippen LogP contribution in [0.25, 0.3) is 11.1 Å². The van der Waals surface area contributed by atoms with Gasteiger partial charge in [0.1, 0.15) is 6.54 Å². The largest absolute Gasteiger partial charge is 0.448 e. The molecule has 3 aromatic rings. The molecule has 0 N–H and O–H groups in total. The monoisotopic (exact) mass is 510 g/mol. The second-order valence-corrected chi connectivity index (χ2v) is 9.02. The van der Waals surface area contributed by atoms with Crippen molar-refractivity contribution < 1.29 is 43.9 Å². The molecule has 0 bridgehead atoms.